The maximum Gasteiger partial charge on any atom is 0.291 e. The normalized spacial score (nSPS) is 10.1. The molecule has 1 aromatic carbocycles. The van der Waals surface area contributed by atoms with Crippen molar-refractivity contribution in [2.45, 2.75) is 5.75 Å². The number of aromatic nitrogens is 2. The fraction of sp³-hybridized carbons (Fsp3) is 0.0909. The smallest absolute Gasteiger partial charge is 0.267 e. The summed E-state index contributed by atoms with van der Waals surface area (Å²) < 4.78 is 1.48. The largest absolute Gasteiger partial charge is 0.291 e. The van der Waals surface area contributed by atoms with E-state index in [0.29, 0.717) is 5.75 Å². The van der Waals surface area contributed by atoms with Gasteiger partial charge in [-0.25, -0.2) is 4.98 Å². The molecule has 2 aromatic rings. The predicted molar refractivity (Wildman–Crippen MR) is 60.8 cm³/mol. The summed E-state index contributed by atoms with van der Waals surface area (Å²) in [5.41, 5.74) is 1.15. The SMILES string of the molecule is O=C(SCc1ccccc1)n1ccnc1. The summed E-state index contributed by atoms with van der Waals surface area (Å²) in [7, 11) is 0. The number of benzene rings is 1. The molecule has 4 heteroatoms. The first-order valence-electron chi connectivity index (χ1n) is 4.55. The van der Waals surface area contributed by atoms with Gasteiger partial charge in [0, 0.05) is 18.1 Å². The zero-order valence-corrected chi connectivity index (χ0v) is 8.85. The summed E-state index contributed by atoms with van der Waals surface area (Å²) in [6.07, 6.45) is 4.77. The summed E-state index contributed by atoms with van der Waals surface area (Å²) >= 11 is 1.27. The molecule has 3 nitrogen and oxygen atoms in total. The van der Waals surface area contributed by atoms with Crippen LogP contribution in [-0.2, 0) is 5.75 Å². The molecular formula is C11H10N2OS. The van der Waals surface area contributed by atoms with Crippen LogP contribution in [0.25, 0.3) is 0 Å². The molecule has 0 bridgehead atoms. The highest BCUT2D eigenvalue weighted by Gasteiger charge is 2.04. The van der Waals surface area contributed by atoms with Gasteiger partial charge in [-0.05, 0) is 5.56 Å². The van der Waals surface area contributed by atoms with E-state index in [0.717, 1.165) is 5.56 Å². The highest BCUT2D eigenvalue weighted by atomic mass is 32.2. The zero-order chi connectivity index (χ0) is 10.5. The van der Waals surface area contributed by atoms with Crippen molar-refractivity contribution in [2.75, 3.05) is 0 Å². The lowest BCUT2D eigenvalue weighted by Gasteiger charge is -2.00. The molecule has 0 unspecified atom stereocenters. The lowest BCUT2D eigenvalue weighted by atomic mass is 10.2. The van der Waals surface area contributed by atoms with Gasteiger partial charge < -0.3 is 0 Å². The Morgan fingerprint density at radius 1 is 1.33 bits per heavy atom. The Labute approximate surface area is 92.1 Å². The quantitative estimate of drug-likeness (QED) is 0.777. The Morgan fingerprint density at radius 3 is 2.80 bits per heavy atom. The van der Waals surface area contributed by atoms with Gasteiger partial charge in [0.15, 0.2) is 0 Å². The van der Waals surface area contributed by atoms with E-state index in [1.165, 1.54) is 22.7 Å². The van der Waals surface area contributed by atoms with E-state index in [2.05, 4.69) is 4.98 Å². The third-order valence-corrected chi connectivity index (χ3v) is 2.86. The summed E-state index contributed by atoms with van der Waals surface area (Å²) in [4.78, 5) is 15.4. The van der Waals surface area contributed by atoms with E-state index in [-0.39, 0.29) is 5.24 Å². The summed E-state index contributed by atoms with van der Waals surface area (Å²) in [5, 5.41) is -0.00338. The third kappa shape index (κ3) is 2.70. The number of hydrogen-bond donors (Lipinski definition) is 0. The number of hydrogen-bond acceptors (Lipinski definition) is 3. The van der Waals surface area contributed by atoms with Gasteiger partial charge in [-0.1, -0.05) is 42.1 Å². The first-order chi connectivity index (χ1) is 7.36. The molecule has 0 aliphatic rings. The van der Waals surface area contributed by atoms with Crippen LogP contribution < -0.4 is 0 Å². The maximum absolute atomic E-state index is 11.6. The lowest BCUT2D eigenvalue weighted by Crippen LogP contribution is -2.02. The van der Waals surface area contributed by atoms with Gasteiger partial charge in [0.05, 0.1) is 0 Å². The number of rotatable bonds is 2. The van der Waals surface area contributed by atoms with Crippen LogP contribution in [0.2, 0.25) is 0 Å². The minimum Gasteiger partial charge on any atom is -0.267 e. The van der Waals surface area contributed by atoms with Gasteiger partial charge in [-0.15, -0.1) is 0 Å². The van der Waals surface area contributed by atoms with Crippen LogP contribution in [0.1, 0.15) is 5.56 Å². The van der Waals surface area contributed by atoms with Gasteiger partial charge in [0.1, 0.15) is 6.33 Å². The second kappa shape index (κ2) is 4.79. The number of carbonyl (C=O) groups excluding carboxylic acids is 1. The molecule has 1 heterocycles. The molecule has 0 radical (unpaired) electrons. The Bertz CT molecular complexity index is 425. The topological polar surface area (TPSA) is 34.9 Å². The fourth-order valence-electron chi connectivity index (χ4n) is 1.16. The molecule has 0 fully saturated rings. The number of thioether (sulfide) groups is 1. The van der Waals surface area contributed by atoms with Gasteiger partial charge >= 0.3 is 0 Å². The van der Waals surface area contributed by atoms with Crippen LogP contribution in [-0.4, -0.2) is 14.8 Å². The fourth-order valence-corrected chi connectivity index (χ4v) is 1.90. The van der Waals surface area contributed by atoms with Crippen molar-refractivity contribution in [2.24, 2.45) is 0 Å². The summed E-state index contributed by atoms with van der Waals surface area (Å²) in [6, 6.07) is 9.92. The van der Waals surface area contributed by atoms with Crippen LogP contribution in [0.4, 0.5) is 4.79 Å². The van der Waals surface area contributed by atoms with Crippen molar-refractivity contribution in [3.63, 3.8) is 0 Å². The van der Waals surface area contributed by atoms with Crippen molar-refractivity contribution in [3.8, 4) is 0 Å². The van der Waals surface area contributed by atoms with Gasteiger partial charge in [-0.3, -0.25) is 9.36 Å². The van der Waals surface area contributed by atoms with Crippen LogP contribution in [0, 0.1) is 0 Å². The minimum absolute atomic E-state index is 0.00338. The van der Waals surface area contributed by atoms with Crippen LogP contribution in [0.5, 0.6) is 0 Å². The summed E-state index contributed by atoms with van der Waals surface area (Å²) in [5.74, 6) is 0.692. The Morgan fingerprint density at radius 2 is 2.13 bits per heavy atom. The first kappa shape index (κ1) is 9.98. The van der Waals surface area contributed by atoms with E-state index < -0.39 is 0 Å². The van der Waals surface area contributed by atoms with E-state index in [4.69, 9.17) is 0 Å². The molecule has 0 atom stereocenters. The predicted octanol–water partition coefficient (Wildman–Crippen LogP) is 2.78. The van der Waals surface area contributed by atoms with E-state index in [1.54, 1.807) is 12.4 Å². The molecule has 0 aliphatic heterocycles. The van der Waals surface area contributed by atoms with E-state index in [1.807, 2.05) is 30.3 Å². The maximum atomic E-state index is 11.6. The van der Waals surface area contributed by atoms with Gasteiger partial charge in [0.25, 0.3) is 5.24 Å². The second-order valence-corrected chi connectivity index (χ2v) is 3.94. The highest BCUT2D eigenvalue weighted by Crippen LogP contribution is 2.14. The first-order valence-corrected chi connectivity index (χ1v) is 5.54. The van der Waals surface area contributed by atoms with Gasteiger partial charge in [0.2, 0.25) is 0 Å². The van der Waals surface area contributed by atoms with Crippen molar-refractivity contribution in [1.82, 2.24) is 9.55 Å². The average Bonchev–Trinajstić information content (AvgIpc) is 2.81. The molecule has 0 N–H and O–H groups in total. The standard InChI is InChI=1S/C11H10N2OS/c14-11(13-7-6-12-9-13)15-8-10-4-2-1-3-5-10/h1-7,9H,8H2. The van der Waals surface area contributed by atoms with E-state index in [9.17, 15) is 4.79 Å². The number of nitrogens with zero attached hydrogens (tertiary/aromatic N) is 2. The Balaban J connectivity index is 1.92. The molecule has 0 saturated heterocycles. The molecule has 76 valence electrons. The molecule has 15 heavy (non-hydrogen) atoms. The Kier molecular flexibility index (Phi) is 3.19. The van der Waals surface area contributed by atoms with Crippen molar-refractivity contribution < 1.29 is 4.79 Å². The number of carbonyl (C=O) groups is 1. The monoisotopic (exact) mass is 218 g/mol. The Hall–Kier alpha value is -1.55. The van der Waals surface area contributed by atoms with E-state index >= 15 is 0 Å². The van der Waals surface area contributed by atoms with Crippen molar-refractivity contribution in [1.29, 1.82) is 0 Å². The van der Waals surface area contributed by atoms with Crippen LogP contribution in [0.3, 0.4) is 0 Å². The molecule has 0 spiro atoms. The second-order valence-electron chi connectivity index (χ2n) is 3.01. The summed E-state index contributed by atoms with van der Waals surface area (Å²) in [6.45, 7) is 0. The number of imidazole rings is 1. The molecule has 0 amide bonds. The third-order valence-electron chi connectivity index (χ3n) is 1.92. The molecule has 1 aromatic heterocycles. The molecule has 2 rings (SSSR count). The van der Waals surface area contributed by atoms with Gasteiger partial charge in [-0.2, -0.15) is 0 Å². The lowest BCUT2D eigenvalue weighted by molar-refractivity contribution is 0.262. The van der Waals surface area contributed by atoms with Crippen LogP contribution >= 0.6 is 11.8 Å². The minimum atomic E-state index is -0.00338. The highest BCUT2D eigenvalue weighted by molar-refractivity contribution is 8.12. The average molecular weight is 218 g/mol. The van der Waals surface area contributed by atoms with Crippen molar-refractivity contribution >= 4 is 17.0 Å². The van der Waals surface area contributed by atoms with Crippen molar-refractivity contribution in [3.05, 3.63) is 54.6 Å². The molecule has 0 aliphatic carbocycles. The molecular weight excluding hydrogens is 208 g/mol. The van der Waals surface area contributed by atoms with Crippen LogP contribution in [0.15, 0.2) is 49.1 Å². The molecule has 0 saturated carbocycles. The zero-order valence-electron chi connectivity index (χ0n) is 8.04.